The zero-order valence-electron chi connectivity index (χ0n) is 10.8. The molecular weight excluding hydrogens is 238 g/mol. The second-order valence-electron chi connectivity index (χ2n) is 4.22. The van der Waals surface area contributed by atoms with Crippen LogP contribution in [0.5, 0.6) is 0 Å². The predicted octanol–water partition coefficient (Wildman–Crippen LogP) is 3.12. The van der Waals surface area contributed by atoms with Gasteiger partial charge in [-0.2, -0.15) is 8.78 Å². The minimum Gasteiger partial charge on any atom is -0.369 e. The lowest BCUT2D eigenvalue weighted by atomic mass is 10.2. The summed E-state index contributed by atoms with van der Waals surface area (Å²) in [6.07, 6.45) is -2.99. The average molecular weight is 256 g/mol. The highest BCUT2D eigenvalue weighted by molar-refractivity contribution is 5.93. The number of nitrogens with zero attached hydrogens (tertiary/aromatic N) is 1. The van der Waals surface area contributed by atoms with Crippen molar-refractivity contribution in [2.24, 2.45) is 0 Å². The molecule has 0 aromatic heterocycles. The Balaban J connectivity index is 2.76. The van der Waals surface area contributed by atoms with Gasteiger partial charge in [0, 0.05) is 24.0 Å². The number of nitrogens with one attached hydrogen (secondary N) is 1. The van der Waals surface area contributed by atoms with E-state index in [1.54, 1.807) is 12.1 Å². The quantitative estimate of drug-likeness (QED) is 0.877. The third kappa shape index (κ3) is 3.68. The van der Waals surface area contributed by atoms with Gasteiger partial charge in [-0.25, -0.2) is 0 Å². The van der Waals surface area contributed by atoms with Gasteiger partial charge >= 0.3 is 6.43 Å². The first-order valence-corrected chi connectivity index (χ1v) is 5.91. The molecule has 0 bridgehead atoms. The third-order valence-corrected chi connectivity index (χ3v) is 2.63. The van der Waals surface area contributed by atoms with E-state index in [0.29, 0.717) is 11.7 Å². The molecule has 18 heavy (non-hydrogen) atoms. The zero-order chi connectivity index (χ0) is 13.7. The summed E-state index contributed by atoms with van der Waals surface area (Å²) < 4.78 is 24.1. The molecule has 1 aromatic rings. The number of anilines is 2. The van der Waals surface area contributed by atoms with Gasteiger partial charge in [0.1, 0.15) is 0 Å². The summed E-state index contributed by atoms with van der Waals surface area (Å²) in [5.74, 6) is -1.28. The number of halogens is 2. The Morgan fingerprint density at radius 3 is 2.22 bits per heavy atom. The fraction of sp³-hybridized carbons (Fsp3) is 0.462. The number of rotatable bonds is 5. The molecule has 3 nitrogen and oxygen atoms in total. The standard InChI is InChI=1S/C13H18F2N2O/c1-4-17(9(2)3)11-7-5-10(6-8-11)16-13(18)12(14)15/h5-9,12H,4H2,1-3H3,(H,16,18). The van der Waals surface area contributed by atoms with Crippen LogP contribution in [0.4, 0.5) is 20.2 Å². The normalized spacial score (nSPS) is 10.8. The van der Waals surface area contributed by atoms with Gasteiger partial charge in [-0.1, -0.05) is 0 Å². The van der Waals surface area contributed by atoms with Crippen molar-refractivity contribution in [3.63, 3.8) is 0 Å². The summed E-state index contributed by atoms with van der Waals surface area (Å²) in [5, 5.41) is 2.15. The minimum atomic E-state index is -2.99. The second kappa shape index (κ2) is 6.33. The average Bonchev–Trinajstić information content (AvgIpc) is 2.31. The molecule has 1 aromatic carbocycles. The first-order chi connectivity index (χ1) is 8.45. The number of hydrogen-bond donors (Lipinski definition) is 1. The molecule has 1 N–H and O–H groups in total. The van der Waals surface area contributed by atoms with E-state index < -0.39 is 12.3 Å². The van der Waals surface area contributed by atoms with Crippen molar-refractivity contribution < 1.29 is 13.6 Å². The van der Waals surface area contributed by atoms with Gasteiger partial charge in [-0.05, 0) is 45.0 Å². The number of carbonyl (C=O) groups is 1. The maximum atomic E-state index is 12.1. The van der Waals surface area contributed by atoms with E-state index in [1.807, 2.05) is 19.1 Å². The molecule has 1 amide bonds. The first kappa shape index (κ1) is 14.4. The molecule has 0 spiro atoms. The fourth-order valence-corrected chi connectivity index (χ4v) is 1.78. The SMILES string of the molecule is CCN(c1ccc(NC(=O)C(F)F)cc1)C(C)C. The van der Waals surface area contributed by atoms with Crippen LogP contribution in [0, 0.1) is 0 Å². The topological polar surface area (TPSA) is 32.3 Å². The third-order valence-electron chi connectivity index (χ3n) is 2.63. The first-order valence-electron chi connectivity index (χ1n) is 5.91. The molecule has 0 saturated carbocycles. The number of carbonyl (C=O) groups excluding carboxylic acids is 1. The van der Waals surface area contributed by atoms with Crippen molar-refractivity contribution in [1.29, 1.82) is 0 Å². The molecule has 0 atom stereocenters. The lowest BCUT2D eigenvalue weighted by Crippen LogP contribution is -2.30. The maximum Gasteiger partial charge on any atom is 0.315 e. The van der Waals surface area contributed by atoms with Crippen LogP contribution in [0.2, 0.25) is 0 Å². The highest BCUT2D eigenvalue weighted by Crippen LogP contribution is 2.20. The van der Waals surface area contributed by atoms with Crippen molar-refractivity contribution in [2.75, 3.05) is 16.8 Å². The highest BCUT2D eigenvalue weighted by Gasteiger charge is 2.15. The van der Waals surface area contributed by atoms with Crippen LogP contribution < -0.4 is 10.2 Å². The number of alkyl halides is 2. The van der Waals surface area contributed by atoms with E-state index in [1.165, 1.54) is 0 Å². The highest BCUT2D eigenvalue weighted by atomic mass is 19.3. The monoisotopic (exact) mass is 256 g/mol. The van der Waals surface area contributed by atoms with E-state index >= 15 is 0 Å². The summed E-state index contributed by atoms with van der Waals surface area (Å²) in [5.41, 5.74) is 1.38. The van der Waals surface area contributed by atoms with Gasteiger partial charge in [-0.3, -0.25) is 4.79 Å². The van der Waals surface area contributed by atoms with Crippen molar-refractivity contribution in [2.45, 2.75) is 33.2 Å². The molecule has 0 saturated heterocycles. The minimum absolute atomic E-state index is 0.358. The Morgan fingerprint density at radius 2 is 1.83 bits per heavy atom. The summed E-state index contributed by atoms with van der Waals surface area (Å²) in [6.45, 7) is 7.07. The van der Waals surface area contributed by atoms with Crippen LogP contribution in [-0.2, 0) is 4.79 Å². The molecule has 0 unspecified atom stereocenters. The largest absolute Gasteiger partial charge is 0.369 e. The van der Waals surface area contributed by atoms with Crippen LogP contribution in [0.1, 0.15) is 20.8 Å². The predicted molar refractivity (Wildman–Crippen MR) is 69.2 cm³/mol. The molecule has 5 heteroatoms. The fourth-order valence-electron chi connectivity index (χ4n) is 1.78. The second-order valence-corrected chi connectivity index (χ2v) is 4.22. The molecular formula is C13H18F2N2O. The van der Waals surface area contributed by atoms with Gasteiger partial charge < -0.3 is 10.2 Å². The van der Waals surface area contributed by atoms with E-state index in [-0.39, 0.29) is 0 Å². The van der Waals surface area contributed by atoms with Gasteiger partial charge in [0.05, 0.1) is 0 Å². The van der Waals surface area contributed by atoms with Crippen molar-refractivity contribution >= 4 is 17.3 Å². The molecule has 0 heterocycles. The maximum absolute atomic E-state index is 12.1. The Kier molecular flexibility index (Phi) is 5.07. The lowest BCUT2D eigenvalue weighted by molar-refractivity contribution is -0.126. The van der Waals surface area contributed by atoms with Gasteiger partial charge in [0.2, 0.25) is 0 Å². The van der Waals surface area contributed by atoms with Crippen LogP contribution >= 0.6 is 0 Å². The van der Waals surface area contributed by atoms with Crippen LogP contribution in [0.15, 0.2) is 24.3 Å². The molecule has 0 aliphatic rings. The Morgan fingerprint density at radius 1 is 1.28 bits per heavy atom. The molecule has 0 fully saturated rings. The molecule has 0 radical (unpaired) electrons. The van der Waals surface area contributed by atoms with Gasteiger partial charge in [0.15, 0.2) is 0 Å². The summed E-state index contributed by atoms with van der Waals surface area (Å²) in [6, 6.07) is 7.23. The van der Waals surface area contributed by atoms with Gasteiger partial charge in [-0.15, -0.1) is 0 Å². The number of hydrogen-bond acceptors (Lipinski definition) is 2. The summed E-state index contributed by atoms with van der Waals surface area (Å²) in [7, 11) is 0. The smallest absolute Gasteiger partial charge is 0.315 e. The Labute approximate surface area is 106 Å². The van der Waals surface area contributed by atoms with Gasteiger partial charge in [0.25, 0.3) is 5.91 Å². The zero-order valence-corrected chi connectivity index (χ0v) is 10.8. The van der Waals surface area contributed by atoms with E-state index in [2.05, 4.69) is 24.1 Å². The Bertz CT molecular complexity index is 390. The van der Waals surface area contributed by atoms with E-state index in [4.69, 9.17) is 0 Å². The van der Waals surface area contributed by atoms with Crippen LogP contribution in [-0.4, -0.2) is 24.9 Å². The molecule has 0 aliphatic carbocycles. The van der Waals surface area contributed by atoms with Crippen molar-refractivity contribution in [3.8, 4) is 0 Å². The number of benzene rings is 1. The van der Waals surface area contributed by atoms with Crippen molar-refractivity contribution in [3.05, 3.63) is 24.3 Å². The summed E-state index contributed by atoms with van der Waals surface area (Å²) >= 11 is 0. The number of amides is 1. The summed E-state index contributed by atoms with van der Waals surface area (Å²) in [4.78, 5) is 13.0. The van der Waals surface area contributed by atoms with E-state index in [9.17, 15) is 13.6 Å². The molecule has 100 valence electrons. The Hall–Kier alpha value is -1.65. The van der Waals surface area contributed by atoms with Crippen molar-refractivity contribution in [1.82, 2.24) is 0 Å². The van der Waals surface area contributed by atoms with Crippen LogP contribution in [0.3, 0.4) is 0 Å². The van der Waals surface area contributed by atoms with E-state index in [0.717, 1.165) is 12.2 Å². The lowest BCUT2D eigenvalue weighted by Gasteiger charge is -2.27. The molecule has 0 aliphatic heterocycles. The van der Waals surface area contributed by atoms with Crippen LogP contribution in [0.25, 0.3) is 0 Å². The molecule has 1 rings (SSSR count).